The Bertz CT molecular complexity index is 2060. The van der Waals surface area contributed by atoms with E-state index < -0.39 is 11.8 Å². The van der Waals surface area contributed by atoms with Crippen molar-refractivity contribution in [1.29, 1.82) is 5.41 Å². The second kappa shape index (κ2) is 23.2. The zero-order valence-electron chi connectivity index (χ0n) is 32.5. The van der Waals surface area contributed by atoms with Gasteiger partial charge in [-0.2, -0.15) is 4.98 Å². The Morgan fingerprint density at radius 3 is 1.67 bits per heavy atom. The van der Waals surface area contributed by atoms with Gasteiger partial charge in [0.15, 0.2) is 5.82 Å². The third kappa shape index (κ3) is 15.1. The lowest BCUT2D eigenvalue weighted by Crippen LogP contribution is -2.37. The molecule has 14 heteroatoms. The molecule has 2 atom stereocenters. The van der Waals surface area contributed by atoms with E-state index in [2.05, 4.69) is 15.5 Å². The Morgan fingerprint density at radius 1 is 0.707 bits per heavy atom. The number of amidine groups is 1. The maximum atomic E-state index is 13.1. The van der Waals surface area contributed by atoms with Crippen molar-refractivity contribution in [3.63, 3.8) is 0 Å². The Labute approximate surface area is 335 Å². The van der Waals surface area contributed by atoms with Gasteiger partial charge in [0.05, 0.1) is 40.3 Å². The lowest BCUT2D eigenvalue weighted by Gasteiger charge is -2.19. The van der Waals surface area contributed by atoms with Crippen LogP contribution in [0.1, 0.15) is 59.1 Å². The summed E-state index contributed by atoms with van der Waals surface area (Å²) in [5, 5.41) is 32.7. The molecule has 5 aromatic rings. The number of rotatable bonds is 20. The highest BCUT2D eigenvalue weighted by Crippen LogP contribution is 2.25. The van der Waals surface area contributed by atoms with E-state index >= 15 is 0 Å². The van der Waals surface area contributed by atoms with Gasteiger partial charge in [-0.15, -0.1) is 0 Å². The largest absolute Gasteiger partial charge is 0.497 e. The number of amides is 1. The van der Waals surface area contributed by atoms with Gasteiger partial charge in [0.1, 0.15) is 40.5 Å². The summed E-state index contributed by atoms with van der Waals surface area (Å²) in [5.74, 6) is 0.0894. The summed E-state index contributed by atoms with van der Waals surface area (Å²) in [6.45, 7) is -0.403. The highest BCUT2D eigenvalue weighted by molar-refractivity contribution is 5.99. The molecule has 0 saturated carbocycles. The van der Waals surface area contributed by atoms with E-state index in [1.54, 1.807) is 50.6 Å². The molecular formula is C44H48F2N4O8. The smallest absolute Gasteiger partial charge is 0.228 e. The molecule has 5 rings (SSSR count). The molecule has 0 aliphatic heterocycles. The molecule has 1 aromatic heterocycles. The van der Waals surface area contributed by atoms with Crippen molar-refractivity contribution in [3.05, 3.63) is 143 Å². The van der Waals surface area contributed by atoms with Crippen molar-refractivity contribution < 1.29 is 47.4 Å². The Morgan fingerprint density at radius 2 is 1.19 bits per heavy atom. The van der Waals surface area contributed by atoms with Crippen LogP contribution in [0.5, 0.6) is 11.5 Å². The summed E-state index contributed by atoms with van der Waals surface area (Å²) in [7, 11) is 3.17. The van der Waals surface area contributed by atoms with Crippen molar-refractivity contribution in [2.75, 3.05) is 27.4 Å². The van der Waals surface area contributed by atoms with Gasteiger partial charge in [0.25, 0.3) is 0 Å². The van der Waals surface area contributed by atoms with Gasteiger partial charge in [-0.25, -0.2) is 8.78 Å². The first kappa shape index (κ1) is 44.6. The summed E-state index contributed by atoms with van der Waals surface area (Å²) < 4.78 is 41.6. The molecule has 4 N–H and O–H groups in total. The third-order valence-electron chi connectivity index (χ3n) is 9.06. The van der Waals surface area contributed by atoms with Crippen LogP contribution in [0, 0.1) is 23.0 Å². The van der Waals surface area contributed by atoms with Gasteiger partial charge in [0, 0.05) is 37.5 Å². The number of halogens is 2. The SMILES string of the molecule is COc1ccc(C[C@H](CC(=O)Cc2ccc(F)cc2)C(=N)NC(=O)CCO)cc1.COc1ccc(C[C@H](CC(=O)Cc2ccc(F)cc2)c2noc(CCO)n2)cc1. The zero-order chi connectivity index (χ0) is 41.9. The molecule has 0 aliphatic carbocycles. The number of Topliss-reactive ketones (excluding diaryl/α,β-unsaturated/α-hetero) is 2. The van der Waals surface area contributed by atoms with E-state index in [1.165, 1.54) is 24.3 Å². The second-order valence-electron chi connectivity index (χ2n) is 13.5. The van der Waals surface area contributed by atoms with E-state index in [4.69, 9.17) is 29.6 Å². The molecular weight excluding hydrogens is 750 g/mol. The van der Waals surface area contributed by atoms with Crippen molar-refractivity contribution in [3.8, 4) is 11.5 Å². The molecule has 0 aliphatic rings. The van der Waals surface area contributed by atoms with Gasteiger partial charge < -0.3 is 29.5 Å². The van der Waals surface area contributed by atoms with E-state index in [-0.39, 0.29) is 86.7 Å². The lowest BCUT2D eigenvalue weighted by atomic mass is 9.91. The van der Waals surface area contributed by atoms with Crippen molar-refractivity contribution in [2.45, 2.75) is 57.3 Å². The molecule has 1 heterocycles. The lowest BCUT2D eigenvalue weighted by molar-refractivity contribution is -0.121. The minimum atomic E-state index is -0.529. The molecule has 1 amide bonds. The number of carbonyl (C=O) groups excluding carboxylic acids is 3. The molecule has 0 radical (unpaired) electrons. The van der Waals surface area contributed by atoms with Crippen LogP contribution in [0.4, 0.5) is 8.78 Å². The minimum absolute atomic E-state index is 0.00336. The number of ketones is 2. The van der Waals surface area contributed by atoms with Crippen LogP contribution in [0.15, 0.2) is 102 Å². The summed E-state index contributed by atoms with van der Waals surface area (Å²) in [4.78, 5) is 41.3. The number of ether oxygens (including phenoxy) is 2. The summed E-state index contributed by atoms with van der Waals surface area (Å²) in [6, 6.07) is 26.5. The topological polar surface area (TPSA) is 185 Å². The van der Waals surface area contributed by atoms with Crippen LogP contribution >= 0.6 is 0 Å². The van der Waals surface area contributed by atoms with Crippen LogP contribution in [-0.4, -0.2) is 71.1 Å². The number of carbonyl (C=O) groups is 3. The van der Waals surface area contributed by atoms with E-state index in [9.17, 15) is 23.2 Å². The van der Waals surface area contributed by atoms with Gasteiger partial charge in [-0.1, -0.05) is 53.7 Å². The molecule has 4 aromatic carbocycles. The maximum Gasteiger partial charge on any atom is 0.228 e. The quantitative estimate of drug-likeness (QED) is 0.0542. The van der Waals surface area contributed by atoms with Gasteiger partial charge in [-0.05, 0) is 83.6 Å². The highest BCUT2D eigenvalue weighted by atomic mass is 19.1. The molecule has 0 fully saturated rings. The van der Waals surface area contributed by atoms with Gasteiger partial charge in [-0.3, -0.25) is 19.8 Å². The predicted octanol–water partition coefficient (Wildman–Crippen LogP) is 5.95. The van der Waals surface area contributed by atoms with Crippen LogP contribution < -0.4 is 14.8 Å². The fourth-order valence-electron chi connectivity index (χ4n) is 6.02. The number of aliphatic hydroxyl groups excluding tert-OH is 2. The third-order valence-corrected chi connectivity index (χ3v) is 9.06. The Balaban J connectivity index is 0.000000257. The molecule has 0 unspecified atom stereocenters. The normalized spacial score (nSPS) is 11.8. The average molecular weight is 799 g/mol. The predicted molar refractivity (Wildman–Crippen MR) is 212 cm³/mol. The number of hydrogen-bond donors (Lipinski definition) is 4. The molecule has 12 nitrogen and oxygen atoms in total. The maximum absolute atomic E-state index is 13.1. The number of nitrogens with zero attached hydrogens (tertiary/aromatic N) is 2. The fourth-order valence-corrected chi connectivity index (χ4v) is 6.02. The Hall–Kier alpha value is -6.12. The van der Waals surface area contributed by atoms with Gasteiger partial charge in [0.2, 0.25) is 11.8 Å². The number of nitrogens with one attached hydrogen (secondary N) is 2. The summed E-state index contributed by atoms with van der Waals surface area (Å²) in [6.07, 6.45) is 1.71. The van der Waals surface area contributed by atoms with Crippen LogP contribution in [0.3, 0.4) is 0 Å². The number of benzene rings is 4. The molecule has 0 bridgehead atoms. The van der Waals surface area contributed by atoms with E-state index in [0.29, 0.717) is 35.9 Å². The van der Waals surface area contributed by atoms with Gasteiger partial charge >= 0.3 is 0 Å². The number of aromatic nitrogens is 2. The van der Waals surface area contributed by atoms with Crippen molar-refractivity contribution >= 4 is 23.3 Å². The second-order valence-corrected chi connectivity index (χ2v) is 13.5. The monoisotopic (exact) mass is 798 g/mol. The standard InChI is InChI=1S/C22H23FN2O4.C22H25FN2O4/c1-28-20-8-4-15(5-9-20)12-17(22-24-21(10-11-26)29-25-22)14-19(27)13-16-2-6-18(23)7-3-16;1-29-20-8-4-15(5-9-20)12-17(22(24)25-21(28)10-11-26)14-19(27)13-16-2-6-18(23)7-3-16/h2-9,17,26H,10-14H2,1H3;2-9,17,26H,10-14H2,1H3,(H2,24,25,28)/t2*17-/m11/s1. The molecule has 0 saturated heterocycles. The molecule has 58 heavy (non-hydrogen) atoms. The number of hydrogen-bond acceptors (Lipinski definition) is 11. The Kier molecular flexibility index (Phi) is 17.8. The highest BCUT2D eigenvalue weighted by Gasteiger charge is 2.24. The minimum Gasteiger partial charge on any atom is -0.497 e. The van der Waals surface area contributed by atoms with E-state index in [0.717, 1.165) is 22.4 Å². The summed E-state index contributed by atoms with van der Waals surface area (Å²) >= 11 is 0. The van der Waals surface area contributed by atoms with Crippen LogP contribution in [0.25, 0.3) is 0 Å². The number of methoxy groups -OCH3 is 2. The van der Waals surface area contributed by atoms with Crippen LogP contribution in [-0.2, 0) is 46.5 Å². The van der Waals surface area contributed by atoms with E-state index in [1.807, 2.05) is 36.4 Å². The van der Waals surface area contributed by atoms with Crippen LogP contribution in [0.2, 0.25) is 0 Å². The first-order valence-electron chi connectivity index (χ1n) is 18.7. The first-order valence-corrected chi connectivity index (χ1v) is 18.7. The average Bonchev–Trinajstić information content (AvgIpc) is 3.69. The first-order chi connectivity index (χ1) is 28.0. The van der Waals surface area contributed by atoms with Crippen molar-refractivity contribution in [2.24, 2.45) is 5.92 Å². The molecule has 0 spiro atoms. The fraction of sp³-hybridized carbons (Fsp3) is 0.318. The zero-order valence-corrected chi connectivity index (χ0v) is 32.5. The van der Waals surface area contributed by atoms with Crippen molar-refractivity contribution in [1.82, 2.24) is 15.5 Å². The number of aliphatic hydroxyl groups is 2. The molecule has 306 valence electrons. The summed E-state index contributed by atoms with van der Waals surface area (Å²) in [5.41, 5.74) is 3.36.